The molecule has 0 bridgehead atoms. The van der Waals surface area contributed by atoms with E-state index in [-0.39, 0.29) is 22.2 Å². The van der Waals surface area contributed by atoms with Crippen LogP contribution in [-0.4, -0.2) is 33.7 Å². The number of amides is 2. The third kappa shape index (κ3) is 3.53. The minimum absolute atomic E-state index is 0.0289. The van der Waals surface area contributed by atoms with E-state index in [0.717, 1.165) is 5.69 Å². The van der Waals surface area contributed by atoms with E-state index in [4.69, 9.17) is 27.9 Å². The van der Waals surface area contributed by atoms with Gasteiger partial charge in [-0.3, -0.25) is 14.5 Å². The number of fused-ring (bicyclic) bond motifs is 4. The third-order valence-electron chi connectivity index (χ3n) is 7.53. The molecule has 0 radical (unpaired) electrons. The van der Waals surface area contributed by atoms with E-state index in [1.165, 1.54) is 23.1 Å². The van der Waals surface area contributed by atoms with Gasteiger partial charge in [0.15, 0.2) is 11.8 Å². The van der Waals surface area contributed by atoms with Crippen molar-refractivity contribution in [2.45, 2.75) is 31.6 Å². The van der Waals surface area contributed by atoms with E-state index in [9.17, 15) is 19.8 Å². The van der Waals surface area contributed by atoms with Gasteiger partial charge in [0, 0.05) is 44.3 Å². The molecule has 10 heteroatoms. The van der Waals surface area contributed by atoms with Crippen LogP contribution in [0, 0.1) is 0 Å². The number of nitrogens with zero attached hydrogens (tertiary/aromatic N) is 2. The van der Waals surface area contributed by atoms with Gasteiger partial charge in [0.25, 0.3) is 11.8 Å². The fourth-order valence-corrected chi connectivity index (χ4v) is 6.34. The van der Waals surface area contributed by atoms with Gasteiger partial charge in [0.1, 0.15) is 5.75 Å². The van der Waals surface area contributed by atoms with E-state index in [1.807, 2.05) is 42.7 Å². The van der Waals surface area contributed by atoms with Gasteiger partial charge in [0.05, 0.1) is 24.0 Å². The van der Waals surface area contributed by atoms with Gasteiger partial charge in [-0.2, -0.15) is 0 Å². The number of hydrogen-bond acceptors (Lipinski definition) is 5. The molecule has 0 saturated heterocycles. The summed E-state index contributed by atoms with van der Waals surface area (Å²) in [5.41, 5.74) is 1.64. The molecule has 4 aromatic rings. The molecular formula is C30H25Cl2N3O5. The first kappa shape index (κ1) is 26.4. The maximum Gasteiger partial charge on any atom is 0.261 e. The zero-order chi connectivity index (χ0) is 28.5. The molecule has 1 unspecified atom stereocenters. The molecule has 0 saturated carbocycles. The van der Waals surface area contributed by atoms with E-state index < -0.39 is 23.6 Å². The summed E-state index contributed by atoms with van der Waals surface area (Å²) in [6.45, 7) is 3.97. The van der Waals surface area contributed by atoms with Gasteiger partial charge in [-0.05, 0) is 42.3 Å². The fraction of sp³-hybridized carbons (Fsp3) is 0.200. The molecule has 40 heavy (non-hydrogen) atoms. The smallest absolute Gasteiger partial charge is 0.261 e. The van der Waals surface area contributed by atoms with Crippen LogP contribution in [0.1, 0.15) is 58.8 Å². The maximum absolute atomic E-state index is 14.5. The molecule has 1 spiro atoms. The van der Waals surface area contributed by atoms with Gasteiger partial charge in [0.2, 0.25) is 0 Å². The molecule has 8 nitrogen and oxygen atoms in total. The molecule has 2 aliphatic heterocycles. The van der Waals surface area contributed by atoms with Gasteiger partial charge in [-0.1, -0.05) is 61.3 Å². The van der Waals surface area contributed by atoms with Crippen molar-refractivity contribution < 1.29 is 24.5 Å². The second-order valence-corrected chi connectivity index (χ2v) is 10.9. The summed E-state index contributed by atoms with van der Waals surface area (Å²) < 4.78 is 7.53. The molecule has 3 heterocycles. The lowest BCUT2D eigenvalue weighted by Gasteiger charge is -2.37. The zero-order valence-corrected chi connectivity index (χ0v) is 23.3. The Balaban J connectivity index is 1.75. The lowest BCUT2D eigenvalue weighted by Crippen LogP contribution is -2.51. The summed E-state index contributed by atoms with van der Waals surface area (Å²) in [5.74, 6) is -0.521. The van der Waals surface area contributed by atoms with Crippen LogP contribution < -0.4 is 15.0 Å². The van der Waals surface area contributed by atoms with Crippen LogP contribution >= 0.6 is 23.2 Å². The van der Waals surface area contributed by atoms with Gasteiger partial charge in [-0.25, -0.2) is 0 Å². The Morgan fingerprint density at radius 3 is 2.35 bits per heavy atom. The first-order valence-electron chi connectivity index (χ1n) is 12.6. The molecule has 204 valence electrons. The van der Waals surface area contributed by atoms with Crippen molar-refractivity contribution in [1.29, 1.82) is 0 Å². The lowest BCUT2D eigenvalue weighted by atomic mass is 9.81. The van der Waals surface area contributed by atoms with Crippen molar-refractivity contribution in [2.75, 3.05) is 17.3 Å². The predicted octanol–water partition coefficient (Wildman–Crippen LogP) is 5.76. The quantitative estimate of drug-likeness (QED) is 0.262. The SMILES string of the molecule is COc1ccccc1-n1cc2c(c1C(C)C)C1(C(=O)Nc3cc(Cl)ccc31)N(c1cc(Cl)ccc1C(O)O)C2=O. The summed E-state index contributed by atoms with van der Waals surface area (Å²) in [5, 5.41) is 24.1. The molecule has 1 aromatic heterocycles. The molecular weight excluding hydrogens is 553 g/mol. The third-order valence-corrected chi connectivity index (χ3v) is 8.00. The van der Waals surface area contributed by atoms with Crippen LogP contribution in [0.2, 0.25) is 10.0 Å². The van der Waals surface area contributed by atoms with Crippen LogP contribution in [0.25, 0.3) is 5.69 Å². The number of aromatic nitrogens is 1. The van der Waals surface area contributed by atoms with Crippen LogP contribution in [-0.2, 0) is 10.3 Å². The fourth-order valence-electron chi connectivity index (χ4n) is 6.00. The summed E-state index contributed by atoms with van der Waals surface area (Å²) in [4.78, 5) is 30.2. The summed E-state index contributed by atoms with van der Waals surface area (Å²) in [6, 6.07) is 16.8. The molecule has 0 fully saturated rings. The minimum Gasteiger partial charge on any atom is -0.495 e. The van der Waals surface area contributed by atoms with E-state index in [2.05, 4.69) is 5.32 Å². The average Bonchev–Trinajstić information content (AvgIpc) is 3.52. The highest BCUT2D eigenvalue weighted by atomic mass is 35.5. The molecule has 0 aliphatic carbocycles. The van der Waals surface area contributed by atoms with Crippen molar-refractivity contribution >= 4 is 46.4 Å². The van der Waals surface area contributed by atoms with E-state index in [1.54, 1.807) is 31.5 Å². The van der Waals surface area contributed by atoms with Crippen LogP contribution in [0.3, 0.4) is 0 Å². The molecule has 2 amide bonds. The zero-order valence-electron chi connectivity index (χ0n) is 21.8. The number of hydrogen-bond donors (Lipinski definition) is 3. The number of carbonyl (C=O) groups excluding carboxylic acids is 2. The number of methoxy groups -OCH3 is 1. The monoisotopic (exact) mass is 577 g/mol. The van der Waals surface area contributed by atoms with Crippen molar-refractivity contribution in [3.63, 3.8) is 0 Å². The Kier molecular flexibility index (Phi) is 6.19. The molecule has 1 atom stereocenters. The van der Waals surface area contributed by atoms with Crippen molar-refractivity contribution in [2.24, 2.45) is 0 Å². The summed E-state index contributed by atoms with van der Waals surface area (Å²) >= 11 is 12.7. The normalized spacial score (nSPS) is 17.7. The predicted molar refractivity (Wildman–Crippen MR) is 153 cm³/mol. The van der Waals surface area contributed by atoms with Gasteiger partial charge >= 0.3 is 0 Å². The van der Waals surface area contributed by atoms with Crippen molar-refractivity contribution in [3.05, 3.63) is 105 Å². The maximum atomic E-state index is 14.5. The number of benzene rings is 3. The molecule has 2 aliphatic rings. The van der Waals surface area contributed by atoms with Gasteiger partial charge < -0.3 is 24.8 Å². The second kappa shape index (κ2) is 9.38. The van der Waals surface area contributed by atoms with Crippen LogP contribution in [0.5, 0.6) is 5.75 Å². The highest BCUT2D eigenvalue weighted by Crippen LogP contribution is 2.56. The Morgan fingerprint density at radius 2 is 1.65 bits per heavy atom. The summed E-state index contributed by atoms with van der Waals surface area (Å²) in [7, 11) is 1.57. The standard InChI is InChI=1S/C30H25Cl2N3O5/c1-15(2)26-25-19(14-34(26)22-6-4-5-7-24(22)40-3)27(36)35(23-13-17(32)8-10-18(23)28(37)38)30(25)20-11-9-16(31)12-21(20)33-29(30)39/h4-15,28,37-38H,1-3H3,(H,33,39). The number of carbonyl (C=O) groups is 2. The van der Waals surface area contributed by atoms with E-state index >= 15 is 0 Å². The second-order valence-electron chi connectivity index (χ2n) is 10.1. The number of anilines is 2. The number of aliphatic hydroxyl groups excluding tert-OH is 1. The van der Waals surface area contributed by atoms with Crippen molar-refractivity contribution in [1.82, 2.24) is 4.57 Å². The topological polar surface area (TPSA) is 104 Å². The lowest BCUT2D eigenvalue weighted by molar-refractivity contribution is -0.119. The van der Waals surface area contributed by atoms with Crippen LogP contribution in [0.15, 0.2) is 66.9 Å². The highest BCUT2D eigenvalue weighted by molar-refractivity contribution is 6.32. The number of ether oxygens (including phenoxy) is 1. The number of halogens is 2. The summed E-state index contributed by atoms with van der Waals surface area (Å²) in [6.07, 6.45) is -0.211. The number of nitrogens with one attached hydrogen (secondary N) is 1. The molecule has 3 aromatic carbocycles. The Labute approximate surface area is 240 Å². The largest absolute Gasteiger partial charge is 0.495 e. The number of aliphatic hydroxyl groups is 2. The highest BCUT2D eigenvalue weighted by Gasteiger charge is 2.63. The Bertz CT molecular complexity index is 1710. The average molecular weight is 578 g/mol. The number of para-hydroxylation sites is 2. The Hall–Kier alpha value is -3.82. The Morgan fingerprint density at radius 1 is 0.950 bits per heavy atom. The first-order valence-corrected chi connectivity index (χ1v) is 13.4. The minimum atomic E-state index is -1.93. The van der Waals surface area contributed by atoms with Crippen molar-refractivity contribution in [3.8, 4) is 11.4 Å². The van der Waals surface area contributed by atoms with E-state index in [0.29, 0.717) is 38.8 Å². The number of rotatable bonds is 5. The molecule has 6 rings (SSSR count). The van der Waals surface area contributed by atoms with Crippen LogP contribution in [0.4, 0.5) is 11.4 Å². The molecule has 3 N–H and O–H groups in total. The van der Waals surface area contributed by atoms with Gasteiger partial charge in [-0.15, -0.1) is 0 Å². The first-order chi connectivity index (χ1) is 19.1.